The molecule has 0 aliphatic heterocycles. The molecule has 0 radical (unpaired) electrons. The summed E-state index contributed by atoms with van der Waals surface area (Å²) in [6.45, 7) is 1.88. The van der Waals surface area contributed by atoms with Gasteiger partial charge in [-0.1, -0.05) is 24.3 Å². The van der Waals surface area contributed by atoms with Gasteiger partial charge in [-0.15, -0.1) is 0 Å². The molecule has 0 amide bonds. The lowest BCUT2D eigenvalue weighted by Crippen LogP contribution is -2.09. The number of hydrogen-bond acceptors (Lipinski definition) is 2. The highest BCUT2D eigenvalue weighted by molar-refractivity contribution is 5.24. The van der Waals surface area contributed by atoms with E-state index >= 15 is 0 Å². The maximum Gasteiger partial charge on any atom is 0.0954 e. The first-order valence-electron chi connectivity index (χ1n) is 7.12. The number of hydrogen-bond donors (Lipinski definition) is 1. The average molecular weight is 255 g/mol. The van der Waals surface area contributed by atoms with Gasteiger partial charge in [0.2, 0.25) is 0 Å². The van der Waals surface area contributed by atoms with Crippen LogP contribution in [0.5, 0.6) is 0 Å². The lowest BCUT2D eigenvalue weighted by molar-refractivity contribution is 0.628. The molecule has 100 valence electrons. The number of fused-ring (bicyclic) bond motifs is 1. The fourth-order valence-electron chi connectivity index (χ4n) is 2.83. The highest BCUT2D eigenvalue weighted by Gasteiger charge is 2.14. The second kappa shape index (κ2) is 5.57. The molecular weight excluding hydrogens is 234 g/mol. The van der Waals surface area contributed by atoms with E-state index in [2.05, 4.69) is 39.1 Å². The van der Waals surface area contributed by atoms with Crippen molar-refractivity contribution in [1.29, 1.82) is 0 Å². The van der Waals surface area contributed by atoms with Gasteiger partial charge in [0, 0.05) is 18.8 Å². The Kier molecular flexibility index (Phi) is 3.65. The molecule has 1 aliphatic rings. The van der Waals surface area contributed by atoms with Crippen molar-refractivity contribution in [2.24, 2.45) is 0 Å². The molecule has 1 N–H and O–H groups in total. The highest BCUT2D eigenvalue weighted by Crippen LogP contribution is 2.20. The average Bonchev–Trinajstić information content (AvgIpc) is 2.85. The number of imidazole rings is 1. The fourth-order valence-corrected chi connectivity index (χ4v) is 2.83. The Balaban J connectivity index is 1.75. The standard InChI is InChI=1S/C16H21N3/c1-17-10-13-6-8-14(9-7-13)11-19-12-18-15-4-2-3-5-16(15)19/h6-9,12,17H,2-5,10-11H2,1H3. The van der Waals surface area contributed by atoms with Crippen molar-refractivity contribution in [3.8, 4) is 0 Å². The molecule has 0 atom stereocenters. The number of rotatable bonds is 4. The number of aryl methyl sites for hydroxylation is 1. The second-order valence-electron chi connectivity index (χ2n) is 5.32. The Morgan fingerprint density at radius 2 is 1.84 bits per heavy atom. The van der Waals surface area contributed by atoms with Crippen molar-refractivity contribution in [3.05, 3.63) is 53.1 Å². The van der Waals surface area contributed by atoms with Crippen LogP contribution in [0.3, 0.4) is 0 Å². The predicted octanol–water partition coefficient (Wildman–Crippen LogP) is 2.53. The van der Waals surface area contributed by atoms with Gasteiger partial charge >= 0.3 is 0 Å². The number of nitrogens with one attached hydrogen (secondary N) is 1. The molecule has 0 saturated carbocycles. The highest BCUT2D eigenvalue weighted by atomic mass is 15.1. The van der Waals surface area contributed by atoms with Crippen LogP contribution in [-0.2, 0) is 25.9 Å². The molecule has 0 spiro atoms. The van der Waals surface area contributed by atoms with Crippen molar-refractivity contribution < 1.29 is 0 Å². The third-order valence-corrected chi connectivity index (χ3v) is 3.87. The first kappa shape index (κ1) is 12.4. The van der Waals surface area contributed by atoms with Gasteiger partial charge in [0.25, 0.3) is 0 Å². The monoisotopic (exact) mass is 255 g/mol. The van der Waals surface area contributed by atoms with E-state index < -0.39 is 0 Å². The summed E-state index contributed by atoms with van der Waals surface area (Å²) >= 11 is 0. The first-order valence-corrected chi connectivity index (χ1v) is 7.12. The topological polar surface area (TPSA) is 29.9 Å². The summed E-state index contributed by atoms with van der Waals surface area (Å²) in [7, 11) is 1.98. The lowest BCUT2D eigenvalue weighted by Gasteiger charge is -2.14. The molecule has 0 unspecified atom stereocenters. The molecule has 3 nitrogen and oxygen atoms in total. The first-order chi connectivity index (χ1) is 9.36. The molecule has 2 aromatic rings. The van der Waals surface area contributed by atoms with Gasteiger partial charge in [-0.2, -0.15) is 0 Å². The van der Waals surface area contributed by atoms with Gasteiger partial charge in [-0.25, -0.2) is 4.98 Å². The van der Waals surface area contributed by atoms with Crippen LogP contribution in [0, 0.1) is 0 Å². The van der Waals surface area contributed by atoms with Gasteiger partial charge in [0.15, 0.2) is 0 Å². The third kappa shape index (κ3) is 2.71. The van der Waals surface area contributed by atoms with E-state index in [9.17, 15) is 0 Å². The summed E-state index contributed by atoms with van der Waals surface area (Å²) in [6.07, 6.45) is 6.95. The maximum absolute atomic E-state index is 4.55. The van der Waals surface area contributed by atoms with E-state index in [4.69, 9.17) is 0 Å². The van der Waals surface area contributed by atoms with Crippen LogP contribution in [0.15, 0.2) is 30.6 Å². The van der Waals surface area contributed by atoms with Crippen molar-refractivity contribution in [3.63, 3.8) is 0 Å². The Labute approximate surface area is 114 Å². The second-order valence-corrected chi connectivity index (χ2v) is 5.32. The third-order valence-electron chi connectivity index (χ3n) is 3.87. The van der Waals surface area contributed by atoms with Crippen molar-refractivity contribution in [1.82, 2.24) is 14.9 Å². The Morgan fingerprint density at radius 3 is 2.63 bits per heavy atom. The minimum atomic E-state index is 0.931. The summed E-state index contributed by atoms with van der Waals surface area (Å²) in [6, 6.07) is 8.86. The molecule has 1 aliphatic carbocycles. The zero-order chi connectivity index (χ0) is 13.1. The van der Waals surface area contributed by atoms with Crippen LogP contribution < -0.4 is 5.32 Å². The summed E-state index contributed by atoms with van der Waals surface area (Å²) in [5.41, 5.74) is 5.45. The van der Waals surface area contributed by atoms with Crippen LogP contribution in [0.25, 0.3) is 0 Å². The molecule has 19 heavy (non-hydrogen) atoms. The van der Waals surface area contributed by atoms with Gasteiger partial charge in [-0.3, -0.25) is 0 Å². The molecule has 3 heteroatoms. The maximum atomic E-state index is 4.55. The minimum Gasteiger partial charge on any atom is -0.330 e. The number of nitrogens with zero attached hydrogens (tertiary/aromatic N) is 2. The Hall–Kier alpha value is -1.61. The van der Waals surface area contributed by atoms with Crippen LogP contribution in [-0.4, -0.2) is 16.6 Å². The van der Waals surface area contributed by atoms with Crippen LogP contribution >= 0.6 is 0 Å². The quantitative estimate of drug-likeness (QED) is 0.910. The molecule has 0 bridgehead atoms. The molecule has 3 rings (SSSR count). The Morgan fingerprint density at radius 1 is 1.11 bits per heavy atom. The predicted molar refractivity (Wildman–Crippen MR) is 77.2 cm³/mol. The van der Waals surface area contributed by atoms with Crippen molar-refractivity contribution in [2.45, 2.75) is 38.8 Å². The lowest BCUT2D eigenvalue weighted by atomic mass is 10.0. The SMILES string of the molecule is CNCc1ccc(Cn2cnc3c2CCCC3)cc1. The van der Waals surface area contributed by atoms with Gasteiger partial charge in [0.1, 0.15) is 0 Å². The van der Waals surface area contributed by atoms with Gasteiger partial charge in [0.05, 0.1) is 12.0 Å². The fraction of sp³-hybridized carbons (Fsp3) is 0.438. The van der Waals surface area contributed by atoms with E-state index in [1.54, 1.807) is 0 Å². The van der Waals surface area contributed by atoms with Crippen LogP contribution in [0.2, 0.25) is 0 Å². The molecule has 1 heterocycles. The zero-order valence-electron chi connectivity index (χ0n) is 11.5. The summed E-state index contributed by atoms with van der Waals surface area (Å²) in [5.74, 6) is 0. The molecule has 0 fully saturated rings. The number of aromatic nitrogens is 2. The summed E-state index contributed by atoms with van der Waals surface area (Å²) < 4.78 is 2.32. The summed E-state index contributed by atoms with van der Waals surface area (Å²) in [4.78, 5) is 4.55. The van der Waals surface area contributed by atoms with Crippen LogP contribution in [0.1, 0.15) is 35.4 Å². The van der Waals surface area contributed by atoms with Crippen molar-refractivity contribution in [2.75, 3.05) is 7.05 Å². The Bertz CT molecular complexity index is 540. The number of benzene rings is 1. The largest absolute Gasteiger partial charge is 0.330 e. The normalized spacial score (nSPS) is 14.4. The summed E-state index contributed by atoms with van der Waals surface area (Å²) in [5, 5.41) is 3.17. The zero-order valence-corrected chi connectivity index (χ0v) is 11.5. The molecule has 1 aromatic carbocycles. The van der Waals surface area contributed by atoms with Crippen LogP contribution in [0.4, 0.5) is 0 Å². The van der Waals surface area contributed by atoms with E-state index in [1.165, 1.54) is 41.8 Å². The molecular formula is C16H21N3. The van der Waals surface area contributed by atoms with Crippen molar-refractivity contribution >= 4 is 0 Å². The molecule has 0 saturated heterocycles. The van der Waals surface area contributed by atoms with E-state index in [1.807, 2.05) is 13.4 Å². The van der Waals surface area contributed by atoms with Gasteiger partial charge < -0.3 is 9.88 Å². The van der Waals surface area contributed by atoms with E-state index in [-0.39, 0.29) is 0 Å². The minimum absolute atomic E-state index is 0.931. The smallest absolute Gasteiger partial charge is 0.0954 e. The van der Waals surface area contributed by atoms with E-state index in [0.29, 0.717) is 0 Å². The van der Waals surface area contributed by atoms with E-state index in [0.717, 1.165) is 19.5 Å². The molecule has 1 aromatic heterocycles. The van der Waals surface area contributed by atoms with Gasteiger partial charge in [-0.05, 0) is 43.9 Å².